The maximum atomic E-state index is 12.7. The zero-order valence-electron chi connectivity index (χ0n) is 12.8. The van der Waals surface area contributed by atoms with Gasteiger partial charge in [0, 0.05) is 13.1 Å². The summed E-state index contributed by atoms with van der Waals surface area (Å²) in [6, 6.07) is 9.45. The van der Waals surface area contributed by atoms with Gasteiger partial charge in [0.2, 0.25) is 0 Å². The molecule has 1 aliphatic rings. The topological polar surface area (TPSA) is 88.3 Å². The summed E-state index contributed by atoms with van der Waals surface area (Å²) >= 11 is 0. The van der Waals surface area contributed by atoms with Gasteiger partial charge < -0.3 is 10.0 Å². The van der Waals surface area contributed by atoms with E-state index in [1.54, 1.807) is 16.5 Å². The van der Waals surface area contributed by atoms with Crippen LogP contribution in [0.4, 0.5) is 0 Å². The molecule has 1 aliphatic heterocycles. The molecule has 1 amide bonds. The Hall–Kier alpha value is -2.70. The van der Waals surface area contributed by atoms with Crippen LogP contribution in [0.1, 0.15) is 29.0 Å². The van der Waals surface area contributed by atoms with Crippen molar-refractivity contribution in [3.05, 3.63) is 41.7 Å². The van der Waals surface area contributed by atoms with E-state index in [9.17, 15) is 9.59 Å². The highest BCUT2D eigenvalue weighted by atomic mass is 16.4. The van der Waals surface area contributed by atoms with Crippen LogP contribution in [0.3, 0.4) is 0 Å². The van der Waals surface area contributed by atoms with Crippen molar-refractivity contribution in [1.82, 2.24) is 19.9 Å². The Balaban J connectivity index is 1.83. The first-order valence-corrected chi connectivity index (χ1v) is 7.57. The lowest BCUT2D eigenvalue weighted by Gasteiger charge is -2.30. The highest BCUT2D eigenvalue weighted by molar-refractivity contribution is 5.93. The second-order valence-corrected chi connectivity index (χ2v) is 5.70. The zero-order valence-corrected chi connectivity index (χ0v) is 12.8. The van der Waals surface area contributed by atoms with Crippen LogP contribution in [0.25, 0.3) is 5.69 Å². The molecule has 23 heavy (non-hydrogen) atoms. The van der Waals surface area contributed by atoms with E-state index in [0.717, 1.165) is 5.69 Å². The number of piperidine rings is 1. The lowest BCUT2D eigenvalue weighted by molar-refractivity contribution is -0.143. The van der Waals surface area contributed by atoms with Crippen molar-refractivity contribution in [2.45, 2.75) is 19.8 Å². The Labute approximate surface area is 133 Å². The maximum absolute atomic E-state index is 12.7. The number of hydrogen-bond acceptors (Lipinski definition) is 4. The minimum atomic E-state index is -0.854. The van der Waals surface area contributed by atoms with Gasteiger partial charge in [-0.15, -0.1) is 5.10 Å². The third kappa shape index (κ3) is 2.94. The molecule has 0 spiro atoms. The number of carbonyl (C=O) groups is 2. The number of amides is 1. The van der Waals surface area contributed by atoms with Gasteiger partial charge in [0.1, 0.15) is 0 Å². The molecule has 1 N–H and O–H groups in total. The summed E-state index contributed by atoms with van der Waals surface area (Å²) in [5.74, 6) is -1.61. The van der Waals surface area contributed by atoms with E-state index in [0.29, 0.717) is 25.1 Å². The molecule has 3 rings (SSSR count). The predicted molar refractivity (Wildman–Crippen MR) is 82.4 cm³/mol. The Morgan fingerprint density at radius 2 is 2.00 bits per heavy atom. The fourth-order valence-electron chi connectivity index (χ4n) is 2.85. The number of para-hydroxylation sites is 1. The van der Waals surface area contributed by atoms with Crippen molar-refractivity contribution < 1.29 is 14.7 Å². The van der Waals surface area contributed by atoms with Gasteiger partial charge in [-0.2, -0.15) is 0 Å². The first-order valence-electron chi connectivity index (χ1n) is 7.57. The summed E-state index contributed by atoms with van der Waals surface area (Å²) in [7, 11) is 0. The molecule has 2 aromatic rings. The Kier molecular flexibility index (Phi) is 4.10. The van der Waals surface area contributed by atoms with Crippen molar-refractivity contribution in [3.63, 3.8) is 0 Å². The zero-order chi connectivity index (χ0) is 16.4. The summed E-state index contributed by atoms with van der Waals surface area (Å²) in [5, 5.41) is 17.2. The van der Waals surface area contributed by atoms with Crippen molar-refractivity contribution >= 4 is 11.9 Å². The molecule has 0 saturated carbocycles. The highest BCUT2D eigenvalue weighted by Gasteiger charge is 2.31. The lowest BCUT2D eigenvalue weighted by Crippen LogP contribution is -2.42. The third-order valence-electron chi connectivity index (χ3n) is 4.16. The standard InChI is InChI=1S/C16H18N4O3/c1-11-14(17-18-20(11)13-7-3-2-4-8-13)15(21)19-9-5-6-12(10-19)16(22)23/h2-4,7-8,12H,5-6,9-10H2,1H3,(H,22,23)/t12-/m0/s1. The van der Waals surface area contributed by atoms with E-state index in [1.165, 1.54) is 0 Å². The first-order chi connectivity index (χ1) is 11.1. The Bertz CT molecular complexity index is 726. The van der Waals surface area contributed by atoms with E-state index < -0.39 is 11.9 Å². The van der Waals surface area contributed by atoms with Crippen molar-refractivity contribution in [1.29, 1.82) is 0 Å². The van der Waals surface area contributed by atoms with E-state index in [-0.39, 0.29) is 18.1 Å². The van der Waals surface area contributed by atoms with Crippen LogP contribution in [-0.2, 0) is 4.79 Å². The molecule has 0 unspecified atom stereocenters. The number of carboxylic acids is 1. The maximum Gasteiger partial charge on any atom is 0.308 e. The quantitative estimate of drug-likeness (QED) is 0.928. The fourth-order valence-corrected chi connectivity index (χ4v) is 2.85. The van der Waals surface area contributed by atoms with Crippen LogP contribution in [0.2, 0.25) is 0 Å². The molecule has 1 saturated heterocycles. The number of carboxylic acid groups (broad SMARTS) is 1. The molecule has 0 bridgehead atoms. The second kappa shape index (κ2) is 6.20. The Morgan fingerprint density at radius 3 is 2.70 bits per heavy atom. The summed E-state index contributed by atoms with van der Waals surface area (Å²) in [6.45, 7) is 2.57. The number of hydrogen-bond donors (Lipinski definition) is 1. The van der Waals surface area contributed by atoms with Crippen LogP contribution in [0.5, 0.6) is 0 Å². The Morgan fingerprint density at radius 1 is 1.26 bits per heavy atom. The van der Waals surface area contributed by atoms with Crippen molar-refractivity contribution in [2.75, 3.05) is 13.1 Å². The number of aromatic nitrogens is 3. The minimum Gasteiger partial charge on any atom is -0.481 e. The molecule has 2 heterocycles. The number of benzene rings is 1. The molecule has 1 aromatic carbocycles. The first kappa shape index (κ1) is 15.2. The van der Waals surface area contributed by atoms with E-state index in [2.05, 4.69) is 10.3 Å². The molecular formula is C16H18N4O3. The molecule has 7 heteroatoms. The molecule has 0 radical (unpaired) electrons. The number of rotatable bonds is 3. The van der Waals surface area contributed by atoms with Gasteiger partial charge in [-0.05, 0) is 31.9 Å². The minimum absolute atomic E-state index is 0.228. The summed E-state index contributed by atoms with van der Waals surface area (Å²) in [5.41, 5.74) is 1.76. The number of likely N-dealkylation sites (tertiary alicyclic amines) is 1. The number of nitrogens with zero attached hydrogens (tertiary/aromatic N) is 4. The molecule has 120 valence electrons. The van der Waals surface area contributed by atoms with Gasteiger partial charge in [0.15, 0.2) is 5.69 Å². The van der Waals surface area contributed by atoms with Crippen LogP contribution < -0.4 is 0 Å². The molecule has 1 aromatic heterocycles. The third-order valence-corrected chi connectivity index (χ3v) is 4.16. The van der Waals surface area contributed by atoms with Crippen molar-refractivity contribution in [2.24, 2.45) is 5.92 Å². The van der Waals surface area contributed by atoms with Gasteiger partial charge in [0.05, 0.1) is 17.3 Å². The summed E-state index contributed by atoms with van der Waals surface area (Å²) < 4.78 is 1.62. The second-order valence-electron chi connectivity index (χ2n) is 5.70. The lowest BCUT2D eigenvalue weighted by atomic mass is 9.98. The average Bonchev–Trinajstić information content (AvgIpc) is 2.96. The van der Waals surface area contributed by atoms with Crippen LogP contribution in [0, 0.1) is 12.8 Å². The van der Waals surface area contributed by atoms with E-state index >= 15 is 0 Å². The largest absolute Gasteiger partial charge is 0.481 e. The fraction of sp³-hybridized carbons (Fsp3) is 0.375. The predicted octanol–water partition coefficient (Wildman–Crippen LogP) is 1.51. The summed E-state index contributed by atoms with van der Waals surface area (Å²) in [6.07, 6.45) is 1.30. The molecule has 1 atom stereocenters. The molecule has 0 aliphatic carbocycles. The number of carbonyl (C=O) groups excluding carboxylic acids is 1. The van der Waals surface area contributed by atoms with E-state index in [4.69, 9.17) is 5.11 Å². The smallest absolute Gasteiger partial charge is 0.308 e. The van der Waals surface area contributed by atoms with Crippen molar-refractivity contribution in [3.8, 4) is 5.69 Å². The van der Waals surface area contributed by atoms with Gasteiger partial charge in [0.25, 0.3) is 5.91 Å². The van der Waals surface area contributed by atoms with Crippen LogP contribution in [0.15, 0.2) is 30.3 Å². The average molecular weight is 314 g/mol. The summed E-state index contributed by atoms with van der Waals surface area (Å²) in [4.78, 5) is 25.4. The van der Waals surface area contributed by atoms with Gasteiger partial charge in [-0.1, -0.05) is 23.4 Å². The van der Waals surface area contributed by atoms with Gasteiger partial charge >= 0.3 is 5.97 Å². The monoisotopic (exact) mass is 314 g/mol. The normalized spacial score (nSPS) is 18.0. The molecular weight excluding hydrogens is 296 g/mol. The number of aliphatic carboxylic acids is 1. The highest BCUT2D eigenvalue weighted by Crippen LogP contribution is 2.20. The molecule has 1 fully saturated rings. The van der Waals surface area contributed by atoms with Gasteiger partial charge in [-0.25, -0.2) is 4.68 Å². The molecule has 7 nitrogen and oxygen atoms in total. The van der Waals surface area contributed by atoms with Gasteiger partial charge in [-0.3, -0.25) is 9.59 Å². The SMILES string of the molecule is Cc1c(C(=O)N2CCC[C@H](C(=O)O)C2)nnn1-c1ccccc1. The van der Waals surface area contributed by atoms with Crippen LogP contribution >= 0.6 is 0 Å². The van der Waals surface area contributed by atoms with E-state index in [1.807, 2.05) is 30.3 Å². The van der Waals surface area contributed by atoms with Crippen LogP contribution in [-0.4, -0.2) is 50.0 Å².